The zero-order chi connectivity index (χ0) is 11.4. The van der Waals surface area contributed by atoms with Gasteiger partial charge in [0.15, 0.2) is 0 Å². The molecule has 0 amide bonds. The van der Waals surface area contributed by atoms with E-state index in [-0.39, 0.29) is 0 Å². The second-order valence-electron chi connectivity index (χ2n) is 4.30. The Morgan fingerprint density at radius 1 is 1.31 bits per heavy atom. The summed E-state index contributed by atoms with van der Waals surface area (Å²) in [5.41, 5.74) is 1.21. The molecule has 0 bridgehead atoms. The van der Waals surface area contributed by atoms with E-state index in [9.17, 15) is 0 Å². The zero-order valence-corrected chi connectivity index (χ0v) is 9.90. The van der Waals surface area contributed by atoms with Crippen LogP contribution < -0.4 is 5.32 Å². The molecule has 1 N–H and O–H groups in total. The summed E-state index contributed by atoms with van der Waals surface area (Å²) in [4.78, 5) is 4.14. The molecule has 84 valence electrons. The van der Waals surface area contributed by atoms with Crippen molar-refractivity contribution in [1.29, 1.82) is 0 Å². The van der Waals surface area contributed by atoms with E-state index >= 15 is 0 Å². The summed E-state index contributed by atoms with van der Waals surface area (Å²) >= 11 is 0. The third kappa shape index (κ3) is 2.32. The van der Waals surface area contributed by atoms with Gasteiger partial charge in [0.1, 0.15) is 0 Å². The Bertz CT molecular complexity index is 460. The molecule has 2 nitrogen and oxygen atoms in total. The van der Waals surface area contributed by atoms with Crippen molar-refractivity contribution in [3.8, 4) is 0 Å². The van der Waals surface area contributed by atoms with E-state index in [0.717, 1.165) is 6.54 Å². The number of hydrogen-bond acceptors (Lipinski definition) is 2. The maximum atomic E-state index is 4.14. The minimum absolute atomic E-state index is 0.706. The van der Waals surface area contributed by atoms with Gasteiger partial charge in [-0.1, -0.05) is 32.4 Å². The van der Waals surface area contributed by atoms with Gasteiger partial charge >= 0.3 is 0 Å². The third-order valence-corrected chi connectivity index (χ3v) is 3.02. The molecule has 0 aliphatic heterocycles. The standard InChI is InChI=1S/C14H18N2/c1-3-11(2)9-16-14-6-4-5-12-10-15-8-7-13(12)14/h4-8,10-11,16H,3,9H2,1-2H3. The van der Waals surface area contributed by atoms with Crippen molar-refractivity contribution in [2.45, 2.75) is 20.3 Å². The molecule has 1 aromatic heterocycles. The minimum Gasteiger partial charge on any atom is -0.384 e. The molecule has 0 saturated heterocycles. The molecule has 1 atom stereocenters. The Balaban J connectivity index is 2.23. The van der Waals surface area contributed by atoms with Crippen LogP contribution in [0.1, 0.15) is 20.3 Å². The summed E-state index contributed by atoms with van der Waals surface area (Å²) in [5.74, 6) is 0.706. The largest absolute Gasteiger partial charge is 0.384 e. The van der Waals surface area contributed by atoms with Crippen LogP contribution >= 0.6 is 0 Å². The van der Waals surface area contributed by atoms with Crippen LogP contribution in [0.4, 0.5) is 5.69 Å². The molecular weight excluding hydrogens is 196 g/mol. The predicted octanol–water partition coefficient (Wildman–Crippen LogP) is 3.69. The molecule has 16 heavy (non-hydrogen) atoms. The number of fused-ring (bicyclic) bond motifs is 1. The molecule has 2 rings (SSSR count). The molecule has 0 spiro atoms. The van der Waals surface area contributed by atoms with Gasteiger partial charge in [0.05, 0.1) is 0 Å². The van der Waals surface area contributed by atoms with Crippen molar-refractivity contribution in [1.82, 2.24) is 4.98 Å². The lowest BCUT2D eigenvalue weighted by atomic mass is 10.1. The van der Waals surface area contributed by atoms with E-state index in [1.807, 2.05) is 12.4 Å². The fourth-order valence-electron chi connectivity index (χ4n) is 1.71. The van der Waals surface area contributed by atoms with E-state index in [4.69, 9.17) is 0 Å². The third-order valence-electron chi connectivity index (χ3n) is 3.02. The summed E-state index contributed by atoms with van der Waals surface area (Å²) < 4.78 is 0. The van der Waals surface area contributed by atoms with Gasteiger partial charge in [0.25, 0.3) is 0 Å². The summed E-state index contributed by atoms with van der Waals surface area (Å²) in [5, 5.41) is 5.95. The van der Waals surface area contributed by atoms with E-state index in [1.54, 1.807) is 0 Å². The van der Waals surface area contributed by atoms with E-state index in [0.29, 0.717) is 5.92 Å². The first-order valence-electron chi connectivity index (χ1n) is 5.88. The summed E-state index contributed by atoms with van der Waals surface area (Å²) in [7, 11) is 0. The topological polar surface area (TPSA) is 24.9 Å². The average Bonchev–Trinajstić information content (AvgIpc) is 2.35. The Morgan fingerprint density at radius 2 is 2.19 bits per heavy atom. The van der Waals surface area contributed by atoms with Gasteiger partial charge < -0.3 is 5.32 Å². The number of nitrogens with zero attached hydrogens (tertiary/aromatic N) is 1. The summed E-state index contributed by atoms with van der Waals surface area (Å²) in [6.07, 6.45) is 4.96. The van der Waals surface area contributed by atoms with Crippen LogP contribution in [0.5, 0.6) is 0 Å². The molecule has 0 saturated carbocycles. The van der Waals surface area contributed by atoms with E-state index in [2.05, 4.69) is 48.4 Å². The number of anilines is 1. The highest BCUT2D eigenvalue weighted by molar-refractivity contribution is 5.93. The number of rotatable bonds is 4. The van der Waals surface area contributed by atoms with Crippen LogP contribution in [0.3, 0.4) is 0 Å². The first-order valence-corrected chi connectivity index (χ1v) is 5.88. The first-order chi connectivity index (χ1) is 7.81. The van der Waals surface area contributed by atoms with Crippen molar-refractivity contribution >= 4 is 16.5 Å². The van der Waals surface area contributed by atoms with Gasteiger partial charge in [0, 0.05) is 35.4 Å². The number of nitrogens with one attached hydrogen (secondary N) is 1. The lowest BCUT2D eigenvalue weighted by Crippen LogP contribution is -2.10. The Morgan fingerprint density at radius 3 is 3.00 bits per heavy atom. The summed E-state index contributed by atoms with van der Waals surface area (Å²) in [6, 6.07) is 8.36. The van der Waals surface area contributed by atoms with Gasteiger partial charge in [0.2, 0.25) is 0 Å². The van der Waals surface area contributed by atoms with Crippen LogP contribution in [0.15, 0.2) is 36.7 Å². The normalized spacial score (nSPS) is 12.6. The summed E-state index contributed by atoms with van der Waals surface area (Å²) in [6.45, 7) is 5.51. The molecule has 1 aromatic carbocycles. The van der Waals surface area contributed by atoms with Crippen LogP contribution in [-0.4, -0.2) is 11.5 Å². The van der Waals surface area contributed by atoms with Crippen LogP contribution in [0.25, 0.3) is 10.8 Å². The lowest BCUT2D eigenvalue weighted by molar-refractivity contribution is 0.594. The quantitative estimate of drug-likeness (QED) is 0.839. The number of benzene rings is 1. The monoisotopic (exact) mass is 214 g/mol. The van der Waals surface area contributed by atoms with Crippen molar-refractivity contribution in [2.75, 3.05) is 11.9 Å². The van der Waals surface area contributed by atoms with E-state index in [1.165, 1.54) is 22.9 Å². The number of pyridine rings is 1. The lowest BCUT2D eigenvalue weighted by Gasteiger charge is -2.13. The fraction of sp³-hybridized carbons (Fsp3) is 0.357. The SMILES string of the molecule is CCC(C)CNc1cccc2cnccc12. The molecular formula is C14H18N2. The Labute approximate surface area is 96.7 Å². The van der Waals surface area contributed by atoms with Crippen LogP contribution in [0.2, 0.25) is 0 Å². The highest BCUT2D eigenvalue weighted by atomic mass is 14.9. The maximum absolute atomic E-state index is 4.14. The Hall–Kier alpha value is -1.57. The second-order valence-corrected chi connectivity index (χ2v) is 4.30. The van der Waals surface area contributed by atoms with Crippen molar-refractivity contribution in [2.24, 2.45) is 5.92 Å². The van der Waals surface area contributed by atoms with Crippen LogP contribution in [-0.2, 0) is 0 Å². The first kappa shape index (κ1) is 10.9. The fourth-order valence-corrected chi connectivity index (χ4v) is 1.71. The van der Waals surface area contributed by atoms with Gasteiger partial charge in [-0.25, -0.2) is 0 Å². The van der Waals surface area contributed by atoms with Gasteiger partial charge in [-0.2, -0.15) is 0 Å². The van der Waals surface area contributed by atoms with Gasteiger partial charge in [-0.3, -0.25) is 4.98 Å². The van der Waals surface area contributed by atoms with Crippen molar-refractivity contribution in [3.05, 3.63) is 36.7 Å². The van der Waals surface area contributed by atoms with Crippen LogP contribution in [0, 0.1) is 5.92 Å². The highest BCUT2D eigenvalue weighted by Crippen LogP contribution is 2.22. The van der Waals surface area contributed by atoms with Crippen molar-refractivity contribution < 1.29 is 0 Å². The maximum Gasteiger partial charge on any atom is 0.0421 e. The zero-order valence-electron chi connectivity index (χ0n) is 9.90. The molecule has 0 aliphatic rings. The van der Waals surface area contributed by atoms with Gasteiger partial charge in [-0.05, 0) is 18.1 Å². The smallest absolute Gasteiger partial charge is 0.0421 e. The highest BCUT2D eigenvalue weighted by Gasteiger charge is 2.02. The number of aromatic nitrogens is 1. The molecule has 1 unspecified atom stereocenters. The van der Waals surface area contributed by atoms with Gasteiger partial charge in [-0.15, -0.1) is 0 Å². The molecule has 0 aliphatic carbocycles. The molecule has 2 aromatic rings. The Kier molecular flexibility index (Phi) is 3.40. The van der Waals surface area contributed by atoms with E-state index < -0.39 is 0 Å². The average molecular weight is 214 g/mol. The predicted molar refractivity (Wildman–Crippen MR) is 69.7 cm³/mol. The van der Waals surface area contributed by atoms with Crippen molar-refractivity contribution in [3.63, 3.8) is 0 Å². The molecule has 1 heterocycles. The minimum atomic E-state index is 0.706. The molecule has 0 radical (unpaired) electrons. The molecule has 0 fully saturated rings. The molecule has 2 heteroatoms. The number of hydrogen-bond donors (Lipinski definition) is 1. The second kappa shape index (κ2) is 4.97.